The van der Waals surface area contributed by atoms with Crippen LogP contribution in [0.1, 0.15) is 11.1 Å². The van der Waals surface area contributed by atoms with Gasteiger partial charge in [-0.05, 0) is 30.3 Å². The molecule has 2 aromatic rings. The lowest BCUT2D eigenvalue weighted by atomic mass is 10.1. The second-order valence-corrected chi connectivity index (χ2v) is 6.39. The van der Waals surface area contributed by atoms with E-state index < -0.39 is 16.7 Å². The van der Waals surface area contributed by atoms with E-state index in [1.807, 2.05) is 4.90 Å². The van der Waals surface area contributed by atoms with E-state index in [9.17, 15) is 23.3 Å². The highest BCUT2D eigenvalue weighted by Gasteiger charge is 2.31. The average Bonchev–Trinajstić information content (AvgIpc) is 2.62. The standard InChI is InChI=1S/C18H18F3N3O2/c19-18(20,21)15-2-1-3-17(12-15)23-10-8-22(9-11-23)13-14-4-6-16(7-5-14)24(25)26/h1-7,12H,8-11,13H2/p+1. The Labute approximate surface area is 148 Å². The van der Waals surface area contributed by atoms with Gasteiger partial charge in [0.15, 0.2) is 0 Å². The molecule has 1 fully saturated rings. The molecule has 0 radical (unpaired) electrons. The minimum absolute atomic E-state index is 0.0677. The van der Waals surface area contributed by atoms with Gasteiger partial charge in [0, 0.05) is 23.4 Å². The van der Waals surface area contributed by atoms with Gasteiger partial charge in [0.25, 0.3) is 5.69 Å². The van der Waals surface area contributed by atoms with Crippen LogP contribution in [-0.2, 0) is 12.7 Å². The Morgan fingerprint density at radius 3 is 2.31 bits per heavy atom. The number of anilines is 1. The Morgan fingerprint density at radius 1 is 1.08 bits per heavy atom. The number of non-ortho nitro benzene ring substituents is 1. The minimum atomic E-state index is -4.33. The van der Waals surface area contributed by atoms with Crippen molar-refractivity contribution in [2.75, 3.05) is 31.1 Å². The van der Waals surface area contributed by atoms with Crippen LogP contribution in [0, 0.1) is 10.1 Å². The summed E-state index contributed by atoms with van der Waals surface area (Å²) in [5, 5.41) is 10.7. The van der Waals surface area contributed by atoms with Crippen molar-refractivity contribution < 1.29 is 23.0 Å². The quantitative estimate of drug-likeness (QED) is 0.668. The van der Waals surface area contributed by atoms with Crippen molar-refractivity contribution in [2.24, 2.45) is 0 Å². The van der Waals surface area contributed by atoms with Gasteiger partial charge < -0.3 is 9.80 Å². The molecule has 0 amide bonds. The summed E-state index contributed by atoms with van der Waals surface area (Å²) in [6.07, 6.45) is -4.33. The Morgan fingerprint density at radius 2 is 1.73 bits per heavy atom. The van der Waals surface area contributed by atoms with Gasteiger partial charge >= 0.3 is 6.18 Å². The van der Waals surface area contributed by atoms with E-state index in [0.29, 0.717) is 18.8 Å². The van der Waals surface area contributed by atoms with Gasteiger partial charge in [0.2, 0.25) is 0 Å². The first kappa shape index (κ1) is 18.2. The molecule has 0 bridgehead atoms. The molecule has 5 nitrogen and oxygen atoms in total. The van der Waals surface area contributed by atoms with Crippen molar-refractivity contribution >= 4 is 11.4 Å². The predicted octanol–water partition coefficient (Wildman–Crippen LogP) is 2.52. The summed E-state index contributed by atoms with van der Waals surface area (Å²) in [5.74, 6) is 0. The zero-order valence-corrected chi connectivity index (χ0v) is 14.0. The number of hydrogen-bond donors (Lipinski definition) is 1. The van der Waals surface area contributed by atoms with Gasteiger partial charge in [-0.3, -0.25) is 10.1 Å². The van der Waals surface area contributed by atoms with Crippen LogP contribution in [0.2, 0.25) is 0 Å². The van der Waals surface area contributed by atoms with Crippen LogP contribution in [0.3, 0.4) is 0 Å². The molecule has 0 aromatic heterocycles. The molecule has 1 aliphatic rings. The van der Waals surface area contributed by atoms with Gasteiger partial charge in [-0.15, -0.1) is 0 Å². The van der Waals surface area contributed by atoms with Gasteiger partial charge in [0.1, 0.15) is 6.54 Å². The molecule has 1 N–H and O–H groups in total. The molecule has 1 aliphatic heterocycles. The molecule has 0 saturated carbocycles. The number of rotatable bonds is 4. The number of halogens is 3. The lowest BCUT2D eigenvalue weighted by Gasteiger charge is -2.34. The fourth-order valence-corrected chi connectivity index (χ4v) is 3.16. The second kappa shape index (κ2) is 7.33. The number of alkyl halides is 3. The lowest BCUT2D eigenvalue weighted by Crippen LogP contribution is -3.13. The van der Waals surface area contributed by atoms with E-state index in [-0.39, 0.29) is 5.69 Å². The smallest absolute Gasteiger partial charge is 0.360 e. The fourth-order valence-electron chi connectivity index (χ4n) is 3.16. The van der Waals surface area contributed by atoms with E-state index in [0.717, 1.165) is 31.3 Å². The van der Waals surface area contributed by atoms with Gasteiger partial charge in [0.05, 0.1) is 36.7 Å². The van der Waals surface area contributed by atoms with E-state index in [2.05, 4.69) is 0 Å². The van der Waals surface area contributed by atoms with Crippen LogP contribution in [-0.4, -0.2) is 31.1 Å². The topological polar surface area (TPSA) is 50.8 Å². The van der Waals surface area contributed by atoms with Crippen molar-refractivity contribution in [1.29, 1.82) is 0 Å². The zero-order chi connectivity index (χ0) is 18.7. The molecular formula is C18H19F3N3O2+. The van der Waals surface area contributed by atoms with E-state index >= 15 is 0 Å². The Balaban J connectivity index is 1.58. The normalized spacial score (nSPS) is 15.9. The number of hydrogen-bond acceptors (Lipinski definition) is 3. The summed E-state index contributed by atoms with van der Waals surface area (Å²) in [7, 11) is 0. The maximum atomic E-state index is 12.9. The summed E-state index contributed by atoms with van der Waals surface area (Å²) < 4.78 is 38.6. The lowest BCUT2D eigenvalue weighted by molar-refractivity contribution is -0.914. The molecule has 0 atom stereocenters. The Bertz CT molecular complexity index is 770. The summed E-state index contributed by atoms with van der Waals surface area (Å²) in [5.41, 5.74) is 1.04. The van der Waals surface area contributed by atoms with Gasteiger partial charge in [-0.2, -0.15) is 13.2 Å². The van der Waals surface area contributed by atoms with E-state index in [4.69, 9.17) is 0 Å². The van der Waals surface area contributed by atoms with Crippen LogP contribution in [0.5, 0.6) is 0 Å². The zero-order valence-electron chi connectivity index (χ0n) is 14.0. The third kappa shape index (κ3) is 4.32. The van der Waals surface area contributed by atoms with E-state index in [1.165, 1.54) is 29.2 Å². The first-order valence-corrected chi connectivity index (χ1v) is 8.32. The number of quaternary nitrogens is 1. The third-order valence-electron chi connectivity index (χ3n) is 4.61. The van der Waals surface area contributed by atoms with Crippen molar-refractivity contribution in [3.05, 3.63) is 69.8 Å². The highest BCUT2D eigenvalue weighted by molar-refractivity contribution is 5.49. The van der Waals surface area contributed by atoms with Crippen LogP contribution < -0.4 is 9.80 Å². The third-order valence-corrected chi connectivity index (χ3v) is 4.61. The molecule has 138 valence electrons. The van der Waals surface area contributed by atoms with Crippen molar-refractivity contribution in [1.82, 2.24) is 0 Å². The fraction of sp³-hybridized carbons (Fsp3) is 0.333. The molecule has 3 rings (SSSR count). The predicted molar refractivity (Wildman–Crippen MR) is 91.2 cm³/mol. The molecule has 8 heteroatoms. The van der Waals surface area contributed by atoms with Crippen LogP contribution >= 0.6 is 0 Å². The van der Waals surface area contributed by atoms with Crippen molar-refractivity contribution in [2.45, 2.75) is 12.7 Å². The number of nitro groups is 1. The van der Waals surface area contributed by atoms with Gasteiger partial charge in [-0.25, -0.2) is 0 Å². The molecule has 0 spiro atoms. The largest absolute Gasteiger partial charge is 0.416 e. The highest BCUT2D eigenvalue weighted by atomic mass is 19.4. The Kier molecular flexibility index (Phi) is 5.13. The SMILES string of the molecule is O=[N+]([O-])c1ccc(C[NH+]2CCN(c3cccc(C(F)(F)F)c3)CC2)cc1. The first-order valence-electron chi connectivity index (χ1n) is 8.32. The summed E-state index contributed by atoms with van der Waals surface area (Å²) >= 11 is 0. The Hall–Kier alpha value is -2.61. The summed E-state index contributed by atoms with van der Waals surface area (Å²) in [6.45, 7) is 3.68. The van der Waals surface area contributed by atoms with E-state index in [1.54, 1.807) is 18.2 Å². The maximum Gasteiger partial charge on any atom is 0.416 e. The van der Waals surface area contributed by atoms with Gasteiger partial charge in [-0.1, -0.05) is 6.07 Å². The summed E-state index contributed by atoms with van der Waals surface area (Å²) in [6, 6.07) is 11.9. The number of piperazine rings is 1. The molecular weight excluding hydrogens is 347 g/mol. The molecule has 26 heavy (non-hydrogen) atoms. The number of benzene rings is 2. The number of nitrogens with zero attached hydrogens (tertiary/aromatic N) is 2. The second-order valence-electron chi connectivity index (χ2n) is 6.39. The molecule has 0 unspecified atom stereocenters. The van der Waals surface area contributed by atoms with Crippen LogP contribution in [0.4, 0.5) is 24.5 Å². The minimum Gasteiger partial charge on any atom is -0.360 e. The van der Waals surface area contributed by atoms with Crippen LogP contribution in [0.15, 0.2) is 48.5 Å². The maximum absolute atomic E-state index is 12.9. The van der Waals surface area contributed by atoms with Crippen LogP contribution in [0.25, 0.3) is 0 Å². The summed E-state index contributed by atoms with van der Waals surface area (Å²) in [4.78, 5) is 13.5. The molecule has 1 saturated heterocycles. The van der Waals surface area contributed by atoms with Crippen molar-refractivity contribution in [3.8, 4) is 0 Å². The number of nitrogens with one attached hydrogen (secondary N) is 1. The number of nitro benzene ring substituents is 1. The molecule has 1 heterocycles. The monoisotopic (exact) mass is 366 g/mol. The van der Waals surface area contributed by atoms with Crippen molar-refractivity contribution in [3.63, 3.8) is 0 Å². The average molecular weight is 366 g/mol. The molecule has 2 aromatic carbocycles. The highest BCUT2D eigenvalue weighted by Crippen LogP contribution is 2.31. The molecule has 0 aliphatic carbocycles. The first-order chi connectivity index (χ1) is 12.3.